The van der Waals surface area contributed by atoms with Gasteiger partial charge in [0.1, 0.15) is 0 Å². The minimum Gasteiger partial charge on any atom is -0.289 e. The summed E-state index contributed by atoms with van der Waals surface area (Å²) < 4.78 is 0.994. The van der Waals surface area contributed by atoms with Crippen LogP contribution >= 0.6 is 15.9 Å². The highest BCUT2D eigenvalue weighted by Gasteiger charge is 2.30. The Kier molecular flexibility index (Phi) is 3.83. The van der Waals surface area contributed by atoms with E-state index in [2.05, 4.69) is 15.9 Å². The van der Waals surface area contributed by atoms with Gasteiger partial charge in [-0.1, -0.05) is 46.3 Å². The first-order chi connectivity index (χ1) is 10.5. The highest BCUT2D eigenvalue weighted by atomic mass is 79.9. The molecule has 0 saturated heterocycles. The first-order valence-electron chi connectivity index (χ1n) is 7.12. The summed E-state index contributed by atoms with van der Waals surface area (Å²) in [4.78, 5) is 25.4. The van der Waals surface area contributed by atoms with E-state index in [4.69, 9.17) is 0 Å². The Labute approximate surface area is 138 Å². The number of Topliss-reactive ketones (excluding diaryl/α,β-unsaturated/α-hetero) is 2. The van der Waals surface area contributed by atoms with Crippen molar-refractivity contribution in [2.24, 2.45) is 0 Å². The Morgan fingerprint density at radius 1 is 0.909 bits per heavy atom. The maximum atomic E-state index is 12.8. The summed E-state index contributed by atoms with van der Waals surface area (Å²) in [5, 5.41) is 0. The third kappa shape index (κ3) is 2.46. The topological polar surface area (TPSA) is 34.1 Å². The molecule has 0 N–H and O–H groups in total. The Balaban J connectivity index is 2.05. The molecule has 0 unspecified atom stereocenters. The average molecular weight is 355 g/mol. The lowest BCUT2D eigenvalue weighted by Gasteiger charge is -2.20. The van der Waals surface area contributed by atoms with Gasteiger partial charge < -0.3 is 0 Å². The van der Waals surface area contributed by atoms with Gasteiger partial charge in [0, 0.05) is 33.2 Å². The molecule has 0 atom stereocenters. The number of carbonyl (C=O) groups excluding carboxylic acids is 2. The van der Waals surface area contributed by atoms with E-state index in [9.17, 15) is 9.59 Å². The molecule has 110 valence electrons. The van der Waals surface area contributed by atoms with Gasteiger partial charge in [-0.25, -0.2) is 0 Å². The summed E-state index contributed by atoms with van der Waals surface area (Å²) in [5.41, 5.74) is 4.14. The van der Waals surface area contributed by atoms with E-state index in [0.29, 0.717) is 28.7 Å². The van der Waals surface area contributed by atoms with Gasteiger partial charge in [-0.05, 0) is 37.1 Å². The third-order valence-electron chi connectivity index (χ3n) is 4.11. The van der Waals surface area contributed by atoms with Gasteiger partial charge in [0.05, 0.1) is 0 Å². The first-order valence-corrected chi connectivity index (χ1v) is 7.91. The van der Waals surface area contributed by atoms with Gasteiger partial charge in [0.2, 0.25) is 0 Å². The number of aryl methyl sites for hydroxylation is 1. The molecule has 0 radical (unpaired) electrons. The SMILES string of the molecule is CC1=C(Cc2ccc(Br)cc2)C(=O)c2cccc(C)c2C1=O. The predicted molar refractivity (Wildman–Crippen MR) is 90.4 cm³/mol. The lowest BCUT2D eigenvalue weighted by molar-refractivity contribution is 0.0972. The molecule has 2 aromatic rings. The number of carbonyl (C=O) groups is 2. The normalized spacial score (nSPS) is 14.3. The molecule has 0 heterocycles. The smallest absolute Gasteiger partial charge is 0.190 e. The average Bonchev–Trinajstić information content (AvgIpc) is 2.51. The summed E-state index contributed by atoms with van der Waals surface area (Å²) >= 11 is 3.40. The zero-order chi connectivity index (χ0) is 15.9. The number of ketones is 2. The maximum Gasteiger partial charge on any atom is 0.190 e. The second-order valence-electron chi connectivity index (χ2n) is 5.56. The second-order valence-corrected chi connectivity index (χ2v) is 6.48. The van der Waals surface area contributed by atoms with Crippen LogP contribution in [0, 0.1) is 6.92 Å². The van der Waals surface area contributed by atoms with E-state index < -0.39 is 0 Å². The quantitative estimate of drug-likeness (QED) is 0.783. The number of fused-ring (bicyclic) bond motifs is 1. The van der Waals surface area contributed by atoms with Crippen LogP contribution in [0.1, 0.15) is 38.8 Å². The zero-order valence-corrected chi connectivity index (χ0v) is 14.0. The van der Waals surface area contributed by atoms with Crippen molar-refractivity contribution in [1.82, 2.24) is 0 Å². The summed E-state index contributed by atoms with van der Waals surface area (Å²) in [6, 6.07) is 13.3. The van der Waals surface area contributed by atoms with Crippen molar-refractivity contribution in [3.8, 4) is 0 Å². The number of rotatable bonds is 2. The van der Waals surface area contributed by atoms with Crippen LogP contribution in [-0.2, 0) is 6.42 Å². The molecule has 3 rings (SSSR count). The summed E-state index contributed by atoms with van der Waals surface area (Å²) in [6.07, 6.45) is 0.483. The molecule has 22 heavy (non-hydrogen) atoms. The minimum absolute atomic E-state index is 0.0280. The summed E-state index contributed by atoms with van der Waals surface area (Å²) in [5.74, 6) is -0.0569. The fraction of sp³-hybridized carbons (Fsp3) is 0.158. The maximum absolute atomic E-state index is 12.8. The number of hydrogen-bond donors (Lipinski definition) is 0. The standard InChI is InChI=1S/C19H15BrO2/c1-11-4-3-5-15-17(11)18(21)12(2)16(19(15)22)10-13-6-8-14(20)9-7-13/h3-9H,10H2,1-2H3. The molecule has 0 amide bonds. The molecule has 0 fully saturated rings. The van der Waals surface area contributed by atoms with Crippen LogP contribution in [0.3, 0.4) is 0 Å². The molecule has 0 saturated carbocycles. The molecule has 3 heteroatoms. The van der Waals surface area contributed by atoms with Gasteiger partial charge in [-0.3, -0.25) is 9.59 Å². The third-order valence-corrected chi connectivity index (χ3v) is 4.63. The number of halogens is 1. The molecule has 1 aliphatic rings. The van der Waals surface area contributed by atoms with Crippen molar-refractivity contribution >= 4 is 27.5 Å². The molecule has 0 bridgehead atoms. The van der Waals surface area contributed by atoms with Crippen LogP contribution in [0.25, 0.3) is 0 Å². The van der Waals surface area contributed by atoms with Gasteiger partial charge in [0.25, 0.3) is 0 Å². The molecule has 1 aliphatic carbocycles. The first kappa shape index (κ1) is 14.9. The predicted octanol–water partition coefficient (Wildman–Crippen LogP) is 4.70. The van der Waals surface area contributed by atoms with Crippen LogP contribution in [0.5, 0.6) is 0 Å². The molecule has 2 nitrogen and oxygen atoms in total. The Morgan fingerprint density at radius 2 is 1.59 bits per heavy atom. The molecule has 0 aliphatic heterocycles. The van der Waals surface area contributed by atoms with E-state index in [1.54, 1.807) is 13.0 Å². The van der Waals surface area contributed by atoms with Crippen molar-refractivity contribution in [2.75, 3.05) is 0 Å². The molecule has 0 aromatic heterocycles. The van der Waals surface area contributed by atoms with E-state index in [0.717, 1.165) is 15.6 Å². The van der Waals surface area contributed by atoms with Gasteiger partial charge in [0.15, 0.2) is 11.6 Å². The molecule has 0 spiro atoms. The van der Waals surface area contributed by atoms with Gasteiger partial charge >= 0.3 is 0 Å². The highest BCUT2D eigenvalue weighted by molar-refractivity contribution is 9.10. The molecule has 2 aromatic carbocycles. The van der Waals surface area contributed by atoms with Crippen molar-refractivity contribution < 1.29 is 9.59 Å². The van der Waals surface area contributed by atoms with Crippen LogP contribution in [-0.4, -0.2) is 11.6 Å². The largest absolute Gasteiger partial charge is 0.289 e. The van der Waals surface area contributed by atoms with Crippen LogP contribution in [0.4, 0.5) is 0 Å². The van der Waals surface area contributed by atoms with Crippen LogP contribution in [0.2, 0.25) is 0 Å². The van der Waals surface area contributed by atoms with Crippen molar-refractivity contribution in [1.29, 1.82) is 0 Å². The number of allylic oxidation sites excluding steroid dienone is 2. The van der Waals surface area contributed by atoms with E-state index in [1.165, 1.54) is 0 Å². The Bertz CT molecular complexity index is 814. The summed E-state index contributed by atoms with van der Waals surface area (Å²) in [7, 11) is 0. The minimum atomic E-state index is -0.0290. The van der Waals surface area contributed by atoms with Crippen molar-refractivity contribution in [3.05, 3.63) is 80.3 Å². The fourth-order valence-electron chi connectivity index (χ4n) is 2.84. The van der Waals surface area contributed by atoms with E-state index >= 15 is 0 Å². The monoisotopic (exact) mass is 354 g/mol. The van der Waals surface area contributed by atoms with E-state index in [-0.39, 0.29) is 11.6 Å². The lowest BCUT2D eigenvalue weighted by atomic mass is 9.80. The zero-order valence-electron chi connectivity index (χ0n) is 12.4. The number of benzene rings is 2. The Hall–Kier alpha value is -2.00. The van der Waals surface area contributed by atoms with Crippen LogP contribution in [0.15, 0.2) is 58.1 Å². The van der Waals surface area contributed by atoms with Crippen molar-refractivity contribution in [2.45, 2.75) is 20.3 Å². The molecular weight excluding hydrogens is 340 g/mol. The van der Waals surface area contributed by atoms with Gasteiger partial charge in [-0.2, -0.15) is 0 Å². The fourth-order valence-corrected chi connectivity index (χ4v) is 3.10. The number of hydrogen-bond acceptors (Lipinski definition) is 2. The lowest BCUT2D eigenvalue weighted by Crippen LogP contribution is -2.23. The van der Waals surface area contributed by atoms with Crippen molar-refractivity contribution in [3.63, 3.8) is 0 Å². The summed E-state index contributed by atoms with van der Waals surface area (Å²) in [6.45, 7) is 3.63. The Morgan fingerprint density at radius 3 is 2.27 bits per heavy atom. The highest BCUT2D eigenvalue weighted by Crippen LogP contribution is 2.30. The van der Waals surface area contributed by atoms with Crippen LogP contribution < -0.4 is 0 Å². The molecular formula is C19H15BrO2. The second kappa shape index (κ2) is 5.65. The van der Waals surface area contributed by atoms with E-state index in [1.807, 2.05) is 43.3 Å². The van der Waals surface area contributed by atoms with Gasteiger partial charge in [-0.15, -0.1) is 0 Å².